The summed E-state index contributed by atoms with van der Waals surface area (Å²) in [5, 5.41) is 17.9. The first-order chi connectivity index (χ1) is 12.3. The van der Waals surface area contributed by atoms with E-state index in [-0.39, 0.29) is 11.7 Å². The zero-order valence-corrected chi connectivity index (χ0v) is 18.0. The Morgan fingerprint density at radius 3 is 2.85 bits per heavy atom. The van der Waals surface area contributed by atoms with Crippen LogP contribution in [0.5, 0.6) is 5.75 Å². The van der Waals surface area contributed by atoms with Gasteiger partial charge in [0.15, 0.2) is 0 Å². The summed E-state index contributed by atoms with van der Waals surface area (Å²) in [4.78, 5) is 16.6. The Morgan fingerprint density at radius 2 is 2.12 bits per heavy atom. The number of phenolic OH excluding ortho intramolecular Hbond substituents is 1. The number of nitrogens with one attached hydrogen (secondary N) is 2. The standard InChI is InChI=1S/C19H22IN3O2S/c1-9(2)23-5-4-12-14(8-23)26-19-15(12)18(25)21-17(22-19)13-7-11(20)6-10(3)16(13)24/h6-7,9,17,22,24H,4-5,8H2,1-3H3,(H,21,25)/t17-/m0/s1. The third-order valence-electron chi connectivity index (χ3n) is 5.20. The van der Waals surface area contributed by atoms with E-state index >= 15 is 0 Å². The molecule has 2 aromatic rings. The second-order valence-corrected chi connectivity index (χ2v) is 9.58. The van der Waals surface area contributed by atoms with Crippen LogP contribution in [0, 0.1) is 10.5 Å². The van der Waals surface area contributed by atoms with Crippen molar-refractivity contribution in [1.29, 1.82) is 0 Å². The van der Waals surface area contributed by atoms with Crippen LogP contribution in [-0.4, -0.2) is 28.5 Å². The van der Waals surface area contributed by atoms with Crippen molar-refractivity contribution in [3.05, 3.63) is 42.8 Å². The predicted octanol–water partition coefficient (Wildman–Crippen LogP) is 3.99. The maximum Gasteiger partial charge on any atom is 0.256 e. The van der Waals surface area contributed by atoms with Crippen LogP contribution in [-0.2, 0) is 13.0 Å². The number of amides is 1. The second-order valence-electron chi connectivity index (χ2n) is 7.23. The number of hydrogen-bond acceptors (Lipinski definition) is 5. The summed E-state index contributed by atoms with van der Waals surface area (Å²) in [5.41, 5.74) is 3.51. The minimum atomic E-state index is -0.412. The Kier molecular flexibility index (Phi) is 4.65. The first-order valence-electron chi connectivity index (χ1n) is 8.80. The van der Waals surface area contributed by atoms with Crippen LogP contribution in [0.15, 0.2) is 12.1 Å². The van der Waals surface area contributed by atoms with E-state index in [1.807, 2.05) is 19.1 Å². The number of fused-ring (bicyclic) bond motifs is 3. The molecule has 1 aromatic carbocycles. The summed E-state index contributed by atoms with van der Waals surface area (Å²) in [6.07, 6.45) is 0.497. The highest BCUT2D eigenvalue weighted by Gasteiger charge is 2.34. The molecule has 3 heterocycles. The van der Waals surface area contributed by atoms with E-state index in [1.54, 1.807) is 11.3 Å². The molecule has 5 nitrogen and oxygen atoms in total. The van der Waals surface area contributed by atoms with Gasteiger partial charge < -0.3 is 15.7 Å². The average molecular weight is 483 g/mol. The molecule has 0 aliphatic carbocycles. The number of aryl methyl sites for hydroxylation is 1. The zero-order chi connectivity index (χ0) is 18.6. The Balaban J connectivity index is 1.69. The molecule has 0 bridgehead atoms. The van der Waals surface area contributed by atoms with Crippen molar-refractivity contribution in [2.24, 2.45) is 0 Å². The van der Waals surface area contributed by atoms with Crippen LogP contribution in [0.3, 0.4) is 0 Å². The molecule has 0 spiro atoms. The van der Waals surface area contributed by atoms with Crippen LogP contribution in [0.2, 0.25) is 0 Å². The predicted molar refractivity (Wildman–Crippen MR) is 113 cm³/mol. The van der Waals surface area contributed by atoms with Crippen molar-refractivity contribution in [1.82, 2.24) is 10.2 Å². The molecule has 0 saturated carbocycles. The highest BCUT2D eigenvalue weighted by Crippen LogP contribution is 2.42. The summed E-state index contributed by atoms with van der Waals surface area (Å²) in [7, 11) is 0. The van der Waals surface area contributed by atoms with E-state index in [9.17, 15) is 9.90 Å². The average Bonchev–Trinajstić information content (AvgIpc) is 2.95. The number of carbonyl (C=O) groups is 1. The van der Waals surface area contributed by atoms with Crippen molar-refractivity contribution in [2.75, 3.05) is 11.9 Å². The molecule has 0 radical (unpaired) electrons. The summed E-state index contributed by atoms with van der Waals surface area (Å²) >= 11 is 3.91. The van der Waals surface area contributed by atoms with Crippen LogP contribution in [0.1, 0.15) is 51.9 Å². The number of benzene rings is 1. The van der Waals surface area contributed by atoms with Gasteiger partial charge in [-0.3, -0.25) is 9.69 Å². The molecule has 1 atom stereocenters. The topological polar surface area (TPSA) is 64.6 Å². The Labute approximate surface area is 170 Å². The smallest absolute Gasteiger partial charge is 0.256 e. The van der Waals surface area contributed by atoms with Crippen molar-refractivity contribution < 1.29 is 9.90 Å². The Morgan fingerprint density at radius 1 is 1.35 bits per heavy atom. The fourth-order valence-electron chi connectivity index (χ4n) is 3.71. The van der Waals surface area contributed by atoms with Crippen molar-refractivity contribution in [3.63, 3.8) is 0 Å². The molecule has 7 heteroatoms. The van der Waals surface area contributed by atoms with Gasteiger partial charge in [0.25, 0.3) is 5.91 Å². The molecule has 0 unspecified atom stereocenters. The SMILES string of the molecule is Cc1cc(I)cc([C@H]2NC(=O)c3c(sc4c3CCN(C(C)C)C4)N2)c1O. The molecule has 26 heavy (non-hydrogen) atoms. The van der Waals surface area contributed by atoms with Gasteiger partial charge in [-0.2, -0.15) is 0 Å². The van der Waals surface area contributed by atoms with E-state index in [2.05, 4.69) is 52.0 Å². The van der Waals surface area contributed by atoms with Gasteiger partial charge in [-0.1, -0.05) is 0 Å². The number of hydrogen-bond donors (Lipinski definition) is 3. The molecule has 3 N–H and O–H groups in total. The van der Waals surface area contributed by atoms with Gasteiger partial charge in [-0.05, 0) is 73.0 Å². The van der Waals surface area contributed by atoms with Crippen LogP contribution in [0.4, 0.5) is 5.00 Å². The normalized spacial score (nSPS) is 19.7. The molecule has 4 rings (SSSR count). The number of phenols is 1. The highest BCUT2D eigenvalue weighted by atomic mass is 127. The molecule has 1 aromatic heterocycles. The zero-order valence-electron chi connectivity index (χ0n) is 15.0. The van der Waals surface area contributed by atoms with Gasteiger partial charge in [-0.15, -0.1) is 11.3 Å². The van der Waals surface area contributed by atoms with E-state index in [4.69, 9.17) is 0 Å². The Bertz CT molecular complexity index is 893. The van der Waals surface area contributed by atoms with Crippen LogP contribution >= 0.6 is 33.9 Å². The van der Waals surface area contributed by atoms with Crippen molar-refractivity contribution in [3.8, 4) is 5.75 Å². The molecule has 138 valence electrons. The maximum absolute atomic E-state index is 12.9. The monoisotopic (exact) mass is 483 g/mol. The first-order valence-corrected chi connectivity index (χ1v) is 10.7. The van der Waals surface area contributed by atoms with Gasteiger partial charge in [0.1, 0.15) is 16.9 Å². The number of rotatable bonds is 2. The number of anilines is 1. The molecule has 2 aliphatic heterocycles. The van der Waals surface area contributed by atoms with E-state index in [1.165, 1.54) is 10.4 Å². The molecule has 1 amide bonds. The summed E-state index contributed by atoms with van der Waals surface area (Å²) in [5.74, 6) is 0.189. The summed E-state index contributed by atoms with van der Waals surface area (Å²) in [6.45, 7) is 8.18. The molecule has 0 fully saturated rings. The van der Waals surface area contributed by atoms with Gasteiger partial charge in [0, 0.05) is 33.1 Å². The second kappa shape index (κ2) is 6.69. The van der Waals surface area contributed by atoms with Crippen molar-refractivity contribution in [2.45, 2.75) is 45.9 Å². The summed E-state index contributed by atoms with van der Waals surface area (Å²) < 4.78 is 1.03. The van der Waals surface area contributed by atoms with Gasteiger partial charge in [0.2, 0.25) is 0 Å². The number of nitrogens with zero attached hydrogens (tertiary/aromatic N) is 1. The summed E-state index contributed by atoms with van der Waals surface area (Å²) in [6, 6.07) is 4.35. The largest absolute Gasteiger partial charge is 0.507 e. The molecule has 0 saturated heterocycles. The van der Waals surface area contributed by atoms with E-state index in [0.29, 0.717) is 11.6 Å². The van der Waals surface area contributed by atoms with Crippen LogP contribution in [0.25, 0.3) is 0 Å². The first kappa shape index (κ1) is 18.1. The maximum atomic E-state index is 12.9. The third kappa shape index (κ3) is 2.99. The molecular formula is C19H22IN3O2S. The lowest BCUT2D eigenvalue weighted by Gasteiger charge is -2.31. The van der Waals surface area contributed by atoms with E-state index < -0.39 is 6.17 Å². The number of thiophene rings is 1. The van der Waals surface area contributed by atoms with Crippen LogP contribution < -0.4 is 10.6 Å². The third-order valence-corrected chi connectivity index (χ3v) is 6.97. The fourth-order valence-corrected chi connectivity index (χ4v) is 5.81. The lowest BCUT2D eigenvalue weighted by molar-refractivity contribution is 0.0934. The van der Waals surface area contributed by atoms with Crippen molar-refractivity contribution >= 4 is 44.8 Å². The van der Waals surface area contributed by atoms with Gasteiger partial charge >= 0.3 is 0 Å². The Hall–Kier alpha value is -1.32. The lowest BCUT2D eigenvalue weighted by atomic mass is 9.99. The molecular weight excluding hydrogens is 461 g/mol. The number of carbonyl (C=O) groups excluding carboxylic acids is 1. The lowest BCUT2D eigenvalue weighted by Crippen LogP contribution is -2.39. The fraction of sp³-hybridized carbons (Fsp3) is 0.421. The number of aromatic hydroxyl groups is 1. The van der Waals surface area contributed by atoms with E-state index in [0.717, 1.165) is 39.2 Å². The minimum Gasteiger partial charge on any atom is -0.507 e. The van der Waals surface area contributed by atoms with Gasteiger partial charge in [0.05, 0.1) is 5.56 Å². The van der Waals surface area contributed by atoms with Gasteiger partial charge in [-0.25, -0.2) is 0 Å². The highest BCUT2D eigenvalue weighted by molar-refractivity contribution is 14.1. The molecule has 2 aliphatic rings. The minimum absolute atomic E-state index is 0.0461. The number of halogens is 1. The quantitative estimate of drug-likeness (QED) is 0.566.